The van der Waals surface area contributed by atoms with Gasteiger partial charge in [-0.15, -0.1) is 0 Å². The number of hydrogen-bond donors (Lipinski definition) is 1. The Labute approximate surface area is 186 Å². The van der Waals surface area contributed by atoms with Gasteiger partial charge >= 0.3 is 0 Å². The van der Waals surface area contributed by atoms with Crippen LogP contribution in [0.4, 0.5) is 0 Å². The van der Waals surface area contributed by atoms with Crippen molar-refractivity contribution in [1.29, 1.82) is 0 Å². The van der Waals surface area contributed by atoms with Crippen LogP contribution in [0.5, 0.6) is 0 Å². The number of piperidine rings is 2. The van der Waals surface area contributed by atoms with E-state index in [1.807, 2.05) is 30.5 Å². The molecule has 166 valence electrons. The minimum Gasteiger partial charge on any atom is -0.350 e. The number of amides is 1. The Hall–Kier alpha value is -2.31. The number of carbonyl (C=O) groups is 1. The molecule has 1 unspecified atom stereocenters. The second-order valence-corrected chi connectivity index (χ2v) is 8.99. The van der Waals surface area contributed by atoms with E-state index < -0.39 is 0 Å². The highest BCUT2D eigenvalue weighted by atomic mass is 16.1. The second kappa shape index (κ2) is 10.8. The first-order valence-corrected chi connectivity index (χ1v) is 11.7. The van der Waals surface area contributed by atoms with Crippen LogP contribution in [0.3, 0.4) is 0 Å². The molecule has 1 atom stereocenters. The molecule has 0 spiro atoms. The molecule has 6 heteroatoms. The van der Waals surface area contributed by atoms with Gasteiger partial charge in [-0.3, -0.25) is 14.8 Å². The van der Waals surface area contributed by atoms with Crippen molar-refractivity contribution in [3.8, 4) is 0 Å². The number of nitrogens with zero attached hydrogens (tertiary/aromatic N) is 4. The molecule has 4 rings (SSSR count). The third kappa shape index (κ3) is 6.11. The molecule has 1 amide bonds. The van der Waals surface area contributed by atoms with Gasteiger partial charge in [-0.1, -0.05) is 12.1 Å². The van der Waals surface area contributed by atoms with Crippen LogP contribution in [0.15, 0.2) is 48.8 Å². The summed E-state index contributed by atoms with van der Waals surface area (Å²) in [6.45, 7) is 7.23. The zero-order chi connectivity index (χ0) is 21.5. The molecule has 0 aliphatic carbocycles. The van der Waals surface area contributed by atoms with E-state index in [1.54, 1.807) is 6.20 Å². The molecule has 31 heavy (non-hydrogen) atoms. The van der Waals surface area contributed by atoms with E-state index in [4.69, 9.17) is 0 Å². The molecular weight excluding hydrogens is 386 g/mol. The summed E-state index contributed by atoms with van der Waals surface area (Å²) in [4.78, 5) is 26.6. The van der Waals surface area contributed by atoms with Crippen molar-refractivity contribution >= 4 is 5.91 Å². The first-order chi connectivity index (χ1) is 15.2. The first-order valence-electron chi connectivity index (χ1n) is 11.7. The van der Waals surface area contributed by atoms with Gasteiger partial charge in [0.05, 0.1) is 12.2 Å². The number of likely N-dealkylation sites (tertiary alicyclic amines) is 2. The Bertz CT molecular complexity index is 799. The van der Waals surface area contributed by atoms with Crippen molar-refractivity contribution in [3.05, 3.63) is 60.2 Å². The number of pyridine rings is 2. The quantitative estimate of drug-likeness (QED) is 0.745. The van der Waals surface area contributed by atoms with Crippen LogP contribution in [0.1, 0.15) is 44.0 Å². The molecular formula is C25H35N5O. The Morgan fingerprint density at radius 2 is 1.61 bits per heavy atom. The molecule has 2 aliphatic rings. The topological polar surface area (TPSA) is 61.4 Å². The standard InChI is InChI=1S/C25H35N5O/c1-20(18-22-6-2-4-12-26-22)29-16-10-24(11-17-29)30-14-8-21(9-15-30)25(31)28-19-23-7-3-5-13-27-23/h2-7,12-13,20-21,24H,8-11,14-19H2,1H3,(H,28,31). The number of carbonyl (C=O) groups excluding carboxylic acids is 1. The summed E-state index contributed by atoms with van der Waals surface area (Å²) >= 11 is 0. The van der Waals surface area contributed by atoms with Crippen LogP contribution in [-0.4, -0.2) is 63.9 Å². The minimum absolute atomic E-state index is 0.137. The fraction of sp³-hybridized carbons (Fsp3) is 0.560. The van der Waals surface area contributed by atoms with E-state index >= 15 is 0 Å². The van der Waals surface area contributed by atoms with Crippen molar-refractivity contribution in [2.75, 3.05) is 26.2 Å². The molecule has 0 saturated carbocycles. The third-order valence-electron chi connectivity index (χ3n) is 6.94. The van der Waals surface area contributed by atoms with Gasteiger partial charge in [-0.05, 0) is 83.1 Å². The number of hydrogen-bond acceptors (Lipinski definition) is 5. The van der Waals surface area contributed by atoms with E-state index in [1.165, 1.54) is 18.5 Å². The monoisotopic (exact) mass is 421 g/mol. The zero-order valence-corrected chi connectivity index (χ0v) is 18.6. The Morgan fingerprint density at radius 1 is 0.968 bits per heavy atom. The molecule has 0 bridgehead atoms. The summed E-state index contributed by atoms with van der Waals surface area (Å²) in [6, 6.07) is 13.2. The maximum atomic E-state index is 12.6. The predicted octanol–water partition coefficient (Wildman–Crippen LogP) is 2.90. The van der Waals surface area contributed by atoms with Gasteiger partial charge in [0.15, 0.2) is 0 Å². The number of rotatable bonds is 7. The van der Waals surface area contributed by atoms with Crippen molar-refractivity contribution < 1.29 is 4.79 Å². The van der Waals surface area contributed by atoms with Crippen LogP contribution in [0.2, 0.25) is 0 Å². The Kier molecular flexibility index (Phi) is 7.65. The lowest BCUT2D eigenvalue weighted by Crippen LogP contribution is -2.50. The normalized spacial score (nSPS) is 20.4. The van der Waals surface area contributed by atoms with E-state index in [0.717, 1.165) is 51.1 Å². The molecule has 2 fully saturated rings. The molecule has 0 radical (unpaired) electrons. The average Bonchev–Trinajstić information content (AvgIpc) is 2.84. The summed E-state index contributed by atoms with van der Waals surface area (Å²) in [5, 5.41) is 3.07. The van der Waals surface area contributed by atoms with Gasteiger partial charge < -0.3 is 15.1 Å². The van der Waals surface area contributed by atoms with Gasteiger partial charge in [0.25, 0.3) is 0 Å². The summed E-state index contributed by atoms with van der Waals surface area (Å²) < 4.78 is 0. The molecule has 2 aromatic heterocycles. The highest BCUT2D eigenvalue weighted by molar-refractivity contribution is 5.78. The Morgan fingerprint density at radius 3 is 2.23 bits per heavy atom. The van der Waals surface area contributed by atoms with Gasteiger partial charge in [-0.2, -0.15) is 0 Å². The molecule has 1 N–H and O–H groups in total. The molecule has 0 aromatic carbocycles. The largest absolute Gasteiger partial charge is 0.350 e. The lowest BCUT2D eigenvalue weighted by atomic mass is 9.92. The van der Waals surface area contributed by atoms with E-state index in [9.17, 15) is 4.79 Å². The van der Waals surface area contributed by atoms with Crippen molar-refractivity contribution in [1.82, 2.24) is 25.1 Å². The van der Waals surface area contributed by atoms with Gasteiger partial charge in [-0.25, -0.2) is 0 Å². The minimum atomic E-state index is 0.137. The maximum absolute atomic E-state index is 12.6. The highest BCUT2D eigenvalue weighted by Crippen LogP contribution is 2.25. The molecule has 2 aromatic rings. The van der Waals surface area contributed by atoms with E-state index in [-0.39, 0.29) is 11.8 Å². The fourth-order valence-electron chi connectivity index (χ4n) is 4.99. The van der Waals surface area contributed by atoms with Crippen LogP contribution in [-0.2, 0) is 17.8 Å². The zero-order valence-electron chi connectivity index (χ0n) is 18.6. The molecule has 6 nitrogen and oxygen atoms in total. The van der Waals surface area contributed by atoms with E-state index in [0.29, 0.717) is 18.6 Å². The van der Waals surface area contributed by atoms with Crippen LogP contribution < -0.4 is 5.32 Å². The van der Waals surface area contributed by atoms with Crippen molar-refractivity contribution in [3.63, 3.8) is 0 Å². The summed E-state index contributed by atoms with van der Waals surface area (Å²) in [6.07, 6.45) is 9.05. The highest BCUT2D eigenvalue weighted by Gasteiger charge is 2.31. The third-order valence-corrected chi connectivity index (χ3v) is 6.94. The van der Waals surface area contributed by atoms with Crippen LogP contribution >= 0.6 is 0 Å². The first kappa shape index (κ1) is 21.9. The van der Waals surface area contributed by atoms with Crippen molar-refractivity contribution in [2.45, 2.75) is 57.7 Å². The van der Waals surface area contributed by atoms with Crippen LogP contribution in [0.25, 0.3) is 0 Å². The predicted molar refractivity (Wildman–Crippen MR) is 122 cm³/mol. The van der Waals surface area contributed by atoms with Gasteiger partial charge in [0.2, 0.25) is 5.91 Å². The number of aromatic nitrogens is 2. The molecule has 2 saturated heterocycles. The molecule has 2 aliphatic heterocycles. The summed E-state index contributed by atoms with van der Waals surface area (Å²) in [5.41, 5.74) is 2.10. The van der Waals surface area contributed by atoms with Crippen LogP contribution in [0, 0.1) is 5.92 Å². The summed E-state index contributed by atoms with van der Waals surface area (Å²) in [5.74, 6) is 0.321. The fourth-order valence-corrected chi connectivity index (χ4v) is 4.99. The Balaban J connectivity index is 1.16. The second-order valence-electron chi connectivity index (χ2n) is 8.99. The summed E-state index contributed by atoms with van der Waals surface area (Å²) in [7, 11) is 0. The molecule has 4 heterocycles. The lowest BCUT2D eigenvalue weighted by molar-refractivity contribution is -0.126. The smallest absolute Gasteiger partial charge is 0.223 e. The van der Waals surface area contributed by atoms with Crippen molar-refractivity contribution in [2.24, 2.45) is 5.92 Å². The average molecular weight is 422 g/mol. The van der Waals surface area contributed by atoms with Gasteiger partial charge in [0, 0.05) is 42.5 Å². The van der Waals surface area contributed by atoms with Gasteiger partial charge in [0.1, 0.15) is 0 Å². The SMILES string of the molecule is CC(Cc1ccccn1)N1CCC(N2CCC(C(=O)NCc3ccccn3)CC2)CC1. The lowest BCUT2D eigenvalue weighted by Gasteiger charge is -2.43. The number of nitrogens with one attached hydrogen (secondary N) is 1. The maximum Gasteiger partial charge on any atom is 0.223 e. The van der Waals surface area contributed by atoms with E-state index in [2.05, 4.69) is 44.1 Å².